The Morgan fingerprint density at radius 3 is 2.58 bits per heavy atom. The number of rotatable bonds is 1. The minimum atomic E-state index is -0.135. The van der Waals surface area contributed by atoms with Crippen molar-refractivity contribution >= 4 is 22.2 Å². The average Bonchev–Trinajstić information content (AvgIpc) is 2.92. The summed E-state index contributed by atoms with van der Waals surface area (Å²) in [6, 6.07) is 10.1. The van der Waals surface area contributed by atoms with Crippen molar-refractivity contribution in [3.8, 4) is 0 Å². The Hall–Kier alpha value is -1.81. The van der Waals surface area contributed by atoms with E-state index in [9.17, 15) is 4.79 Å². The quantitative estimate of drug-likeness (QED) is 0.786. The van der Waals surface area contributed by atoms with Crippen LogP contribution in [0, 0.1) is 11.3 Å². The molecule has 1 aromatic carbocycles. The van der Waals surface area contributed by atoms with Gasteiger partial charge in [0.15, 0.2) is 0 Å². The molecule has 1 aromatic heterocycles. The van der Waals surface area contributed by atoms with E-state index in [0.29, 0.717) is 11.3 Å². The number of amides is 1. The van der Waals surface area contributed by atoms with Gasteiger partial charge >= 0.3 is 0 Å². The number of benzene rings is 1. The zero-order valence-electron chi connectivity index (χ0n) is 14.5. The van der Waals surface area contributed by atoms with Crippen LogP contribution in [0.15, 0.2) is 30.3 Å². The van der Waals surface area contributed by atoms with E-state index in [0.717, 1.165) is 29.0 Å². The second-order valence-corrected chi connectivity index (χ2v) is 9.08. The van der Waals surface area contributed by atoms with E-state index >= 15 is 0 Å². The second kappa shape index (κ2) is 5.62. The normalized spacial score (nSPS) is 23.0. The lowest BCUT2D eigenvalue weighted by Gasteiger charge is -2.34. The molecule has 1 aliphatic heterocycles. The number of hydrogen-bond donors (Lipinski definition) is 2. The maximum absolute atomic E-state index is 12.7. The standard InChI is InChI=1S/C20H24N2OS/c1-20(2,3)13-9-10-14-15(11-13)24-19-16(14)18(23)21-17(22-19)12-7-5-4-6-8-12/h4-8,13,17,22H,9-11H2,1-3H3,(H,21,23)/t13-,17-/m1/s1. The van der Waals surface area contributed by atoms with Crippen molar-refractivity contribution < 1.29 is 4.79 Å². The highest BCUT2D eigenvalue weighted by atomic mass is 32.1. The predicted molar refractivity (Wildman–Crippen MR) is 99.6 cm³/mol. The highest BCUT2D eigenvalue weighted by Crippen LogP contribution is 2.45. The molecule has 0 radical (unpaired) electrons. The highest BCUT2D eigenvalue weighted by molar-refractivity contribution is 7.16. The molecule has 2 aliphatic rings. The van der Waals surface area contributed by atoms with Gasteiger partial charge in [0.05, 0.1) is 5.56 Å². The van der Waals surface area contributed by atoms with Crippen LogP contribution in [0.25, 0.3) is 0 Å². The Bertz CT molecular complexity index is 773. The van der Waals surface area contributed by atoms with Gasteiger partial charge in [0.1, 0.15) is 11.2 Å². The van der Waals surface area contributed by atoms with E-state index in [2.05, 4.69) is 31.4 Å². The van der Waals surface area contributed by atoms with Gasteiger partial charge < -0.3 is 10.6 Å². The maximum Gasteiger partial charge on any atom is 0.256 e. The molecular formula is C20H24N2OS. The molecule has 0 saturated heterocycles. The van der Waals surface area contributed by atoms with Crippen LogP contribution in [-0.2, 0) is 12.8 Å². The summed E-state index contributed by atoms with van der Waals surface area (Å²) < 4.78 is 0. The first kappa shape index (κ1) is 15.7. The summed E-state index contributed by atoms with van der Waals surface area (Å²) >= 11 is 1.79. The Balaban J connectivity index is 1.66. The van der Waals surface area contributed by atoms with Crippen molar-refractivity contribution in [1.29, 1.82) is 0 Å². The Labute approximate surface area is 147 Å². The third-order valence-corrected chi connectivity index (χ3v) is 6.59. The van der Waals surface area contributed by atoms with Gasteiger partial charge in [-0.3, -0.25) is 4.79 Å². The number of anilines is 1. The minimum Gasteiger partial charge on any atom is -0.353 e. The third kappa shape index (κ3) is 2.63. The van der Waals surface area contributed by atoms with Crippen LogP contribution in [0.4, 0.5) is 5.00 Å². The molecule has 1 amide bonds. The van der Waals surface area contributed by atoms with Crippen LogP contribution < -0.4 is 10.6 Å². The molecule has 0 spiro atoms. The van der Waals surface area contributed by atoms with Crippen molar-refractivity contribution in [2.75, 3.05) is 5.32 Å². The van der Waals surface area contributed by atoms with Gasteiger partial charge in [-0.2, -0.15) is 0 Å². The highest BCUT2D eigenvalue weighted by Gasteiger charge is 2.36. The number of thiophene rings is 1. The summed E-state index contributed by atoms with van der Waals surface area (Å²) in [7, 11) is 0. The summed E-state index contributed by atoms with van der Waals surface area (Å²) in [5.74, 6) is 0.766. The van der Waals surface area contributed by atoms with Crippen molar-refractivity contribution in [2.45, 2.75) is 46.2 Å². The SMILES string of the molecule is CC(C)(C)[C@@H]1CCc2c(sc3c2C(=O)N[C@@H](c2ccccc2)N3)C1. The van der Waals surface area contributed by atoms with E-state index in [-0.39, 0.29) is 12.1 Å². The van der Waals surface area contributed by atoms with E-state index in [1.807, 2.05) is 30.3 Å². The van der Waals surface area contributed by atoms with Gasteiger partial charge in [0.25, 0.3) is 5.91 Å². The molecule has 126 valence electrons. The van der Waals surface area contributed by atoms with E-state index in [1.54, 1.807) is 11.3 Å². The number of fused-ring (bicyclic) bond motifs is 3. The smallest absolute Gasteiger partial charge is 0.256 e. The number of nitrogens with one attached hydrogen (secondary N) is 2. The molecule has 4 rings (SSSR count). The fraction of sp³-hybridized carbons (Fsp3) is 0.450. The first-order valence-electron chi connectivity index (χ1n) is 8.70. The number of carbonyl (C=O) groups excluding carboxylic acids is 1. The van der Waals surface area contributed by atoms with Gasteiger partial charge in [-0.05, 0) is 41.7 Å². The lowest BCUT2D eigenvalue weighted by atomic mass is 9.72. The van der Waals surface area contributed by atoms with Gasteiger partial charge in [0.2, 0.25) is 0 Å². The minimum absolute atomic E-state index is 0.0734. The predicted octanol–water partition coefficient (Wildman–Crippen LogP) is 4.75. The lowest BCUT2D eigenvalue weighted by molar-refractivity contribution is 0.0935. The van der Waals surface area contributed by atoms with E-state index in [1.165, 1.54) is 16.9 Å². The van der Waals surface area contributed by atoms with Crippen molar-refractivity contribution in [2.24, 2.45) is 11.3 Å². The fourth-order valence-electron chi connectivity index (χ4n) is 3.85. The molecule has 2 heterocycles. The van der Waals surface area contributed by atoms with Gasteiger partial charge in [0, 0.05) is 4.88 Å². The third-order valence-electron chi connectivity index (χ3n) is 5.40. The molecule has 0 unspecified atom stereocenters. The second-order valence-electron chi connectivity index (χ2n) is 7.98. The van der Waals surface area contributed by atoms with Crippen molar-refractivity contribution in [1.82, 2.24) is 5.32 Å². The first-order chi connectivity index (χ1) is 11.4. The van der Waals surface area contributed by atoms with Crippen LogP contribution in [-0.4, -0.2) is 5.91 Å². The Morgan fingerprint density at radius 2 is 1.88 bits per heavy atom. The first-order valence-corrected chi connectivity index (χ1v) is 9.52. The van der Waals surface area contributed by atoms with Crippen LogP contribution in [0.5, 0.6) is 0 Å². The monoisotopic (exact) mass is 340 g/mol. The van der Waals surface area contributed by atoms with Gasteiger partial charge in [-0.1, -0.05) is 51.1 Å². The van der Waals surface area contributed by atoms with Crippen LogP contribution in [0.1, 0.15) is 59.7 Å². The number of hydrogen-bond acceptors (Lipinski definition) is 3. The molecule has 1 aliphatic carbocycles. The zero-order valence-corrected chi connectivity index (χ0v) is 15.3. The molecule has 0 fully saturated rings. The molecule has 2 atom stereocenters. The molecular weight excluding hydrogens is 316 g/mol. The van der Waals surface area contributed by atoms with Crippen molar-refractivity contribution in [3.63, 3.8) is 0 Å². The lowest BCUT2D eigenvalue weighted by Crippen LogP contribution is -2.38. The fourth-order valence-corrected chi connectivity index (χ4v) is 5.20. The molecule has 4 heteroatoms. The van der Waals surface area contributed by atoms with Crippen LogP contribution in [0.2, 0.25) is 0 Å². The molecule has 2 aromatic rings. The van der Waals surface area contributed by atoms with Crippen molar-refractivity contribution in [3.05, 3.63) is 51.9 Å². The zero-order chi connectivity index (χ0) is 16.9. The molecule has 24 heavy (non-hydrogen) atoms. The molecule has 3 nitrogen and oxygen atoms in total. The maximum atomic E-state index is 12.7. The van der Waals surface area contributed by atoms with Gasteiger partial charge in [-0.25, -0.2) is 0 Å². The summed E-state index contributed by atoms with van der Waals surface area (Å²) in [5, 5.41) is 7.71. The Morgan fingerprint density at radius 1 is 1.12 bits per heavy atom. The van der Waals surface area contributed by atoms with E-state index in [4.69, 9.17) is 0 Å². The topological polar surface area (TPSA) is 41.1 Å². The molecule has 0 saturated carbocycles. The summed E-state index contributed by atoms with van der Waals surface area (Å²) in [6.45, 7) is 6.98. The summed E-state index contributed by atoms with van der Waals surface area (Å²) in [6.07, 6.45) is 3.16. The van der Waals surface area contributed by atoms with Crippen LogP contribution >= 0.6 is 11.3 Å². The number of carbonyl (C=O) groups is 1. The summed E-state index contributed by atoms with van der Waals surface area (Å²) in [5.41, 5.74) is 3.60. The molecule has 2 N–H and O–H groups in total. The summed E-state index contributed by atoms with van der Waals surface area (Å²) in [4.78, 5) is 14.1. The average molecular weight is 340 g/mol. The van der Waals surface area contributed by atoms with Gasteiger partial charge in [-0.15, -0.1) is 11.3 Å². The van der Waals surface area contributed by atoms with E-state index < -0.39 is 0 Å². The largest absolute Gasteiger partial charge is 0.353 e. The molecule has 0 bridgehead atoms. The van der Waals surface area contributed by atoms with Crippen LogP contribution in [0.3, 0.4) is 0 Å². The Kier molecular flexibility index (Phi) is 3.68.